The summed E-state index contributed by atoms with van der Waals surface area (Å²) in [7, 11) is 0. The molecule has 0 aliphatic carbocycles. The van der Waals surface area contributed by atoms with Crippen LogP contribution in [0.3, 0.4) is 0 Å². The van der Waals surface area contributed by atoms with Gasteiger partial charge in [-0.25, -0.2) is 0 Å². The molecule has 0 bridgehead atoms. The van der Waals surface area contributed by atoms with Gasteiger partial charge in [0.05, 0.1) is 5.25 Å². The van der Waals surface area contributed by atoms with E-state index >= 15 is 0 Å². The number of carbonyl (C=O) groups is 1. The van der Waals surface area contributed by atoms with Crippen LogP contribution in [0.4, 0.5) is 5.69 Å². The summed E-state index contributed by atoms with van der Waals surface area (Å²) in [5, 5.41) is 3.61. The highest BCUT2D eigenvalue weighted by Gasteiger charge is 2.18. The lowest BCUT2D eigenvalue weighted by Crippen LogP contribution is -2.24. The fraction of sp³-hybridized carbons (Fsp3) is 0.381. The number of benzene rings is 2. The number of nitrogens with zero attached hydrogens (tertiary/aromatic N) is 1. The van der Waals surface area contributed by atoms with Gasteiger partial charge in [-0.2, -0.15) is 0 Å². The average Bonchev–Trinajstić information content (AvgIpc) is 2.66. The zero-order chi connectivity index (χ0) is 18.9. The van der Waals surface area contributed by atoms with Crippen molar-refractivity contribution < 1.29 is 4.79 Å². The maximum absolute atomic E-state index is 12.6. The van der Waals surface area contributed by atoms with Crippen LogP contribution >= 0.6 is 23.4 Å². The Morgan fingerprint density at radius 3 is 2.19 bits per heavy atom. The lowest BCUT2D eigenvalue weighted by Gasteiger charge is -2.18. The summed E-state index contributed by atoms with van der Waals surface area (Å²) in [6, 6.07) is 15.7. The molecular weight excluding hydrogens is 364 g/mol. The van der Waals surface area contributed by atoms with Crippen molar-refractivity contribution >= 4 is 35.0 Å². The Kier molecular flexibility index (Phi) is 8.49. The van der Waals surface area contributed by atoms with Gasteiger partial charge in [-0.1, -0.05) is 44.5 Å². The van der Waals surface area contributed by atoms with Crippen LogP contribution < -0.4 is 5.32 Å². The Bertz CT molecular complexity index is 684. The molecule has 26 heavy (non-hydrogen) atoms. The number of carbonyl (C=O) groups excluding carboxylic acids is 1. The van der Waals surface area contributed by atoms with Crippen molar-refractivity contribution in [3.63, 3.8) is 0 Å². The Morgan fingerprint density at radius 1 is 1.04 bits per heavy atom. The molecule has 0 heterocycles. The molecule has 0 saturated carbocycles. The van der Waals surface area contributed by atoms with Crippen molar-refractivity contribution in [2.24, 2.45) is 0 Å². The van der Waals surface area contributed by atoms with E-state index in [-0.39, 0.29) is 11.2 Å². The number of rotatable bonds is 9. The molecule has 1 N–H and O–H groups in total. The van der Waals surface area contributed by atoms with E-state index < -0.39 is 0 Å². The molecule has 2 aromatic rings. The highest BCUT2D eigenvalue weighted by atomic mass is 35.5. The van der Waals surface area contributed by atoms with Crippen molar-refractivity contribution in [3.05, 3.63) is 59.1 Å². The summed E-state index contributed by atoms with van der Waals surface area (Å²) in [6.45, 7) is 9.37. The molecule has 3 nitrogen and oxygen atoms in total. The number of hydrogen-bond acceptors (Lipinski definition) is 3. The molecule has 0 spiro atoms. The third kappa shape index (κ3) is 6.35. The van der Waals surface area contributed by atoms with Gasteiger partial charge in [-0.15, -0.1) is 11.8 Å². The molecule has 0 saturated heterocycles. The molecule has 1 unspecified atom stereocenters. The fourth-order valence-electron chi connectivity index (χ4n) is 2.62. The van der Waals surface area contributed by atoms with Crippen molar-refractivity contribution in [2.45, 2.75) is 43.9 Å². The van der Waals surface area contributed by atoms with Gasteiger partial charge in [-0.05, 0) is 61.5 Å². The number of anilines is 1. The first kappa shape index (κ1) is 20.8. The number of halogens is 1. The van der Waals surface area contributed by atoms with Gasteiger partial charge < -0.3 is 5.32 Å². The fourth-order valence-corrected chi connectivity index (χ4v) is 3.70. The van der Waals surface area contributed by atoms with E-state index in [4.69, 9.17) is 11.6 Å². The van der Waals surface area contributed by atoms with Gasteiger partial charge in [0.1, 0.15) is 0 Å². The van der Waals surface area contributed by atoms with Crippen molar-refractivity contribution in [2.75, 3.05) is 18.4 Å². The third-order valence-corrected chi connectivity index (χ3v) is 5.91. The second kappa shape index (κ2) is 10.6. The number of thioether (sulfide) groups is 1. The van der Waals surface area contributed by atoms with Crippen LogP contribution in [-0.4, -0.2) is 29.1 Å². The number of hydrogen-bond donors (Lipinski definition) is 1. The minimum absolute atomic E-state index is 0.0314. The molecular formula is C21H27ClN2OS. The summed E-state index contributed by atoms with van der Waals surface area (Å²) in [5.74, 6) is 0.0314. The second-order valence-electron chi connectivity index (χ2n) is 6.12. The molecule has 5 heteroatoms. The van der Waals surface area contributed by atoms with Crippen LogP contribution in [0, 0.1) is 0 Å². The Balaban J connectivity index is 1.95. The van der Waals surface area contributed by atoms with Gasteiger partial charge in [0, 0.05) is 22.2 Å². The Labute approximate surface area is 166 Å². The smallest absolute Gasteiger partial charge is 0.237 e. The van der Waals surface area contributed by atoms with Gasteiger partial charge in [0.25, 0.3) is 0 Å². The Hall–Kier alpha value is -1.49. The van der Waals surface area contributed by atoms with Crippen LogP contribution in [0.25, 0.3) is 0 Å². The minimum Gasteiger partial charge on any atom is -0.325 e. The van der Waals surface area contributed by atoms with Crippen LogP contribution in [0.15, 0.2) is 53.4 Å². The molecule has 1 atom stereocenters. The standard InChI is InChI=1S/C21H27ClN2OS/c1-4-20(26-19-13-9-17(22)10-14-19)21(25)23-18-11-7-16(8-12-18)15-24(5-2)6-3/h7-14,20H,4-6,15H2,1-3H3,(H,23,25). The first-order valence-electron chi connectivity index (χ1n) is 9.10. The SMILES string of the molecule is CCC(Sc1ccc(Cl)cc1)C(=O)Nc1ccc(CN(CC)CC)cc1. The molecule has 140 valence electrons. The first-order valence-corrected chi connectivity index (χ1v) is 10.4. The minimum atomic E-state index is -0.133. The van der Waals surface area contributed by atoms with E-state index in [0.717, 1.165) is 36.6 Å². The van der Waals surface area contributed by atoms with E-state index in [1.165, 1.54) is 5.56 Å². The number of nitrogens with one attached hydrogen (secondary N) is 1. The zero-order valence-electron chi connectivity index (χ0n) is 15.7. The molecule has 2 aromatic carbocycles. The van der Waals surface area contributed by atoms with Gasteiger partial charge in [0.2, 0.25) is 5.91 Å². The zero-order valence-corrected chi connectivity index (χ0v) is 17.2. The Morgan fingerprint density at radius 2 is 1.65 bits per heavy atom. The van der Waals surface area contributed by atoms with Crippen LogP contribution in [0.2, 0.25) is 5.02 Å². The van der Waals surface area contributed by atoms with Gasteiger partial charge in [-0.3, -0.25) is 9.69 Å². The van der Waals surface area contributed by atoms with E-state index in [1.807, 2.05) is 43.3 Å². The summed E-state index contributed by atoms with van der Waals surface area (Å²) < 4.78 is 0. The predicted octanol–water partition coefficient (Wildman–Crippen LogP) is 5.69. The number of amides is 1. The topological polar surface area (TPSA) is 32.3 Å². The highest BCUT2D eigenvalue weighted by Crippen LogP contribution is 2.27. The monoisotopic (exact) mass is 390 g/mol. The lowest BCUT2D eigenvalue weighted by molar-refractivity contribution is -0.115. The molecule has 0 fully saturated rings. The van der Waals surface area contributed by atoms with Gasteiger partial charge >= 0.3 is 0 Å². The predicted molar refractivity (Wildman–Crippen MR) is 113 cm³/mol. The van der Waals surface area contributed by atoms with E-state index in [0.29, 0.717) is 5.02 Å². The molecule has 0 aliphatic heterocycles. The molecule has 0 radical (unpaired) electrons. The quantitative estimate of drug-likeness (QED) is 0.558. The van der Waals surface area contributed by atoms with E-state index in [1.54, 1.807) is 11.8 Å². The first-order chi connectivity index (χ1) is 12.5. The van der Waals surface area contributed by atoms with Crippen molar-refractivity contribution in [1.29, 1.82) is 0 Å². The normalized spacial score (nSPS) is 12.2. The molecule has 0 aromatic heterocycles. The molecule has 2 rings (SSSR count). The summed E-state index contributed by atoms with van der Waals surface area (Å²) >= 11 is 7.49. The van der Waals surface area contributed by atoms with Gasteiger partial charge in [0.15, 0.2) is 0 Å². The highest BCUT2D eigenvalue weighted by molar-refractivity contribution is 8.00. The van der Waals surface area contributed by atoms with Crippen molar-refractivity contribution in [3.8, 4) is 0 Å². The van der Waals surface area contributed by atoms with E-state index in [9.17, 15) is 4.79 Å². The maximum atomic E-state index is 12.6. The summed E-state index contributed by atoms with van der Waals surface area (Å²) in [6.07, 6.45) is 0.763. The maximum Gasteiger partial charge on any atom is 0.237 e. The molecule has 1 amide bonds. The largest absolute Gasteiger partial charge is 0.325 e. The van der Waals surface area contributed by atoms with Crippen molar-refractivity contribution in [1.82, 2.24) is 4.90 Å². The second-order valence-corrected chi connectivity index (χ2v) is 7.83. The van der Waals surface area contributed by atoms with E-state index in [2.05, 4.69) is 36.2 Å². The summed E-state index contributed by atoms with van der Waals surface area (Å²) in [4.78, 5) is 16.0. The van der Waals surface area contributed by atoms with Crippen LogP contribution in [0.5, 0.6) is 0 Å². The van der Waals surface area contributed by atoms with Crippen LogP contribution in [-0.2, 0) is 11.3 Å². The average molecular weight is 391 g/mol. The summed E-state index contributed by atoms with van der Waals surface area (Å²) in [5.41, 5.74) is 2.10. The third-order valence-electron chi connectivity index (χ3n) is 4.28. The van der Waals surface area contributed by atoms with Crippen LogP contribution in [0.1, 0.15) is 32.8 Å². The molecule has 0 aliphatic rings. The lowest BCUT2D eigenvalue weighted by atomic mass is 10.2.